The molecule has 1 aliphatic rings. The van der Waals surface area contributed by atoms with E-state index in [1.165, 1.54) is 11.1 Å². The minimum Gasteiger partial charge on any atom is -0.496 e. The smallest absolute Gasteiger partial charge is 0.123 e. The topological polar surface area (TPSA) is 32.7 Å². The zero-order valence-electron chi connectivity index (χ0n) is 11.6. The predicted molar refractivity (Wildman–Crippen MR) is 72.8 cm³/mol. The molecule has 1 saturated carbocycles. The number of aryl methyl sites for hydroxylation is 1. The second kappa shape index (κ2) is 5.29. The summed E-state index contributed by atoms with van der Waals surface area (Å²) in [5.74, 6) is 0.946. The Labute approximate surface area is 109 Å². The van der Waals surface area contributed by atoms with Gasteiger partial charge in [0, 0.05) is 30.7 Å². The third kappa shape index (κ3) is 3.03. The normalized spacial score (nSPS) is 16.9. The van der Waals surface area contributed by atoms with Gasteiger partial charge >= 0.3 is 0 Å². The van der Waals surface area contributed by atoms with Crippen LogP contribution in [0.15, 0.2) is 18.2 Å². The molecule has 18 heavy (non-hydrogen) atoms. The van der Waals surface area contributed by atoms with Crippen LogP contribution in [0.5, 0.6) is 5.75 Å². The molecule has 3 nitrogen and oxygen atoms in total. The molecule has 0 atom stereocenters. The number of aliphatic hydroxyl groups is 1. The zero-order chi connectivity index (χ0) is 13.2. The Bertz CT molecular complexity index is 413. The first-order valence-corrected chi connectivity index (χ1v) is 6.51. The van der Waals surface area contributed by atoms with Crippen molar-refractivity contribution in [3.63, 3.8) is 0 Å². The van der Waals surface area contributed by atoms with Gasteiger partial charge in [0.1, 0.15) is 5.75 Å². The molecule has 1 aromatic carbocycles. The van der Waals surface area contributed by atoms with Crippen LogP contribution in [0.3, 0.4) is 0 Å². The molecule has 0 heterocycles. The minimum atomic E-state index is 0.172. The highest BCUT2D eigenvalue weighted by Gasteiger charge is 2.42. The van der Waals surface area contributed by atoms with E-state index in [-0.39, 0.29) is 5.41 Å². The summed E-state index contributed by atoms with van der Waals surface area (Å²) in [6.07, 6.45) is 2.30. The summed E-state index contributed by atoms with van der Waals surface area (Å²) in [4.78, 5) is 2.28. The van der Waals surface area contributed by atoms with Gasteiger partial charge in [-0.05, 0) is 32.9 Å². The minimum absolute atomic E-state index is 0.172. The van der Waals surface area contributed by atoms with Gasteiger partial charge in [0.15, 0.2) is 0 Å². The van der Waals surface area contributed by atoms with Gasteiger partial charge < -0.3 is 14.7 Å². The number of ether oxygens (including phenoxy) is 1. The molecular formula is C15H23NO2. The quantitative estimate of drug-likeness (QED) is 0.839. The fourth-order valence-electron chi connectivity index (χ4n) is 2.49. The fourth-order valence-corrected chi connectivity index (χ4v) is 2.49. The molecule has 1 aliphatic carbocycles. The van der Waals surface area contributed by atoms with E-state index in [0.717, 1.165) is 31.7 Å². The molecule has 0 amide bonds. The third-order valence-electron chi connectivity index (χ3n) is 3.77. The van der Waals surface area contributed by atoms with E-state index >= 15 is 0 Å². The van der Waals surface area contributed by atoms with E-state index in [1.807, 2.05) is 6.07 Å². The van der Waals surface area contributed by atoms with Crippen LogP contribution in [0.25, 0.3) is 0 Å². The van der Waals surface area contributed by atoms with Crippen LogP contribution < -0.4 is 4.74 Å². The van der Waals surface area contributed by atoms with Crippen molar-refractivity contribution < 1.29 is 9.84 Å². The van der Waals surface area contributed by atoms with Gasteiger partial charge in [0.05, 0.1) is 7.11 Å². The van der Waals surface area contributed by atoms with E-state index < -0.39 is 0 Å². The molecule has 1 N–H and O–H groups in total. The highest BCUT2D eigenvalue weighted by molar-refractivity contribution is 5.36. The summed E-state index contributed by atoms with van der Waals surface area (Å²) in [6, 6.07) is 6.27. The largest absolute Gasteiger partial charge is 0.496 e. The summed E-state index contributed by atoms with van der Waals surface area (Å²) in [6.45, 7) is 4.23. The van der Waals surface area contributed by atoms with Crippen molar-refractivity contribution in [3.05, 3.63) is 29.3 Å². The molecule has 100 valence electrons. The molecular weight excluding hydrogens is 226 g/mol. The first-order valence-electron chi connectivity index (χ1n) is 6.51. The van der Waals surface area contributed by atoms with Crippen molar-refractivity contribution in [2.45, 2.75) is 26.3 Å². The fraction of sp³-hybridized carbons (Fsp3) is 0.600. The zero-order valence-corrected chi connectivity index (χ0v) is 11.6. The number of hydrogen-bond donors (Lipinski definition) is 1. The van der Waals surface area contributed by atoms with Crippen molar-refractivity contribution in [3.8, 4) is 5.75 Å². The molecule has 0 saturated heterocycles. The van der Waals surface area contributed by atoms with Gasteiger partial charge in [-0.2, -0.15) is 0 Å². The molecule has 0 aliphatic heterocycles. The summed E-state index contributed by atoms with van der Waals surface area (Å²) in [7, 11) is 3.82. The monoisotopic (exact) mass is 249 g/mol. The van der Waals surface area contributed by atoms with Crippen LogP contribution >= 0.6 is 0 Å². The molecule has 3 heteroatoms. The Morgan fingerprint density at radius 1 is 1.39 bits per heavy atom. The summed E-state index contributed by atoms with van der Waals surface area (Å²) in [5.41, 5.74) is 2.64. The van der Waals surface area contributed by atoms with E-state index in [1.54, 1.807) is 7.11 Å². The Hall–Kier alpha value is -1.06. The number of nitrogens with zero attached hydrogens (tertiary/aromatic N) is 1. The standard InChI is InChI=1S/C15H23NO2/c1-12-4-5-14(18-3)13(8-12)9-16(2)10-15(11-17)6-7-15/h4-5,8,17H,6-7,9-11H2,1-3H3. The number of methoxy groups -OCH3 is 1. The molecule has 1 fully saturated rings. The lowest BCUT2D eigenvalue weighted by Crippen LogP contribution is -2.28. The van der Waals surface area contributed by atoms with Crippen molar-refractivity contribution in [1.29, 1.82) is 0 Å². The van der Waals surface area contributed by atoms with Crippen LogP contribution in [0.1, 0.15) is 24.0 Å². The van der Waals surface area contributed by atoms with Gasteiger partial charge in [-0.3, -0.25) is 0 Å². The summed E-state index contributed by atoms with van der Waals surface area (Å²) < 4.78 is 5.40. The van der Waals surface area contributed by atoms with E-state index in [9.17, 15) is 5.11 Å². The van der Waals surface area contributed by atoms with Gasteiger partial charge in [0.25, 0.3) is 0 Å². The first kappa shape index (κ1) is 13.4. The lowest BCUT2D eigenvalue weighted by Gasteiger charge is -2.23. The van der Waals surface area contributed by atoms with Crippen LogP contribution in [0, 0.1) is 12.3 Å². The van der Waals surface area contributed by atoms with Gasteiger partial charge in [-0.1, -0.05) is 17.7 Å². The Kier molecular flexibility index (Phi) is 3.93. The molecule has 2 rings (SSSR count). The van der Waals surface area contributed by atoms with E-state index in [2.05, 4.69) is 31.0 Å². The van der Waals surface area contributed by atoms with Crippen LogP contribution in [-0.4, -0.2) is 37.3 Å². The maximum Gasteiger partial charge on any atom is 0.123 e. The van der Waals surface area contributed by atoms with E-state index in [4.69, 9.17) is 4.74 Å². The Morgan fingerprint density at radius 2 is 2.11 bits per heavy atom. The molecule has 1 aromatic rings. The summed E-state index contributed by atoms with van der Waals surface area (Å²) in [5, 5.41) is 9.37. The number of benzene rings is 1. The Morgan fingerprint density at radius 3 is 2.67 bits per heavy atom. The lowest BCUT2D eigenvalue weighted by atomic mass is 10.1. The third-order valence-corrected chi connectivity index (χ3v) is 3.77. The molecule has 0 radical (unpaired) electrons. The first-order chi connectivity index (χ1) is 8.58. The molecule has 0 bridgehead atoms. The van der Waals surface area contributed by atoms with Crippen molar-refractivity contribution in [1.82, 2.24) is 4.90 Å². The van der Waals surface area contributed by atoms with E-state index in [0.29, 0.717) is 6.61 Å². The SMILES string of the molecule is COc1ccc(C)cc1CN(C)CC1(CO)CC1. The maximum absolute atomic E-state index is 9.37. The lowest BCUT2D eigenvalue weighted by molar-refractivity contribution is 0.160. The number of aliphatic hydroxyl groups excluding tert-OH is 1. The maximum atomic E-state index is 9.37. The molecule has 0 aromatic heterocycles. The number of rotatable bonds is 6. The van der Waals surface area contributed by atoms with Gasteiger partial charge in [0.2, 0.25) is 0 Å². The Balaban J connectivity index is 2.02. The highest BCUT2D eigenvalue weighted by atomic mass is 16.5. The van der Waals surface area contributed by atoms with Crippen molar-refractivity contribution >= 4 is 0 Å². The second-order valence-corrected chi connectivity index (χ2v) is 5.65. The van der Waals surface area contributed by atoms with Crippen LogP contribution in [0.2, 0.25) is 0 Å². The van der Waals surface area contributed by atoms with Crippen LogP contribution in [-0.2, 0) is 6.54 Å². The number of hydrogen-bond acceptors (Lipinski definition) is 3. The predicted octanol–water partition coefficient (Wildman–Crippen LogP) is 2.21. The highest BCUT2D eigenvalue weighted by Crippen LogP contribution is 2.45. The van der Waals surface area contributed by atoms with Crippen molar-refractivity contribution in [2.75, 3.05) is 27.3 Å². The molecule has 0 unspecified atom stereocenters. The van der Waals surface area contributed by atoms with Crippen molar-refractivity contribution in [2.24, 2.45) is 5.41 Å². The van der Waals surface area contributed by atoms with Gasteiger partial charge in [-0.15, -0.1) is 0 Å². The van der Waals surface area contributed by atoms with Crippen LogP contribution in [0.4, 0.5) is 0 Å². The average molecular weight is 249 g/mol. The summed E-state index contributed by atoms with van der Waals surface area (Å²) >= 11 is 0. The average Bonchev–Trinajstić information content (AvgIpc) is 3.09. The molecule has 0 spiro atoms. The van der Waals surface area contributed by atoms with Gasteiger partial charge in [-0.25, -0.2) is 0 Å². The second-order valence-electron chi connectivity index (χ2n) is 5.65.